The summed E-state index contributed by atoms with van der Waals surface area (Å²) in [5.41, 5.74) is 5.92. The average Bonchev–Trinajstić information content (AvgIpc) is 2.34. The molecule has 2 atom stereocenters. The van der Waals surface area contributed by atoms with Crippen LogP contribution in [0, 0.1) is 0 Å². The van der Waals surface area contributed by atoms with Crippen LogP contribution in [0.3, 0.4) is 0 Å². The van der Waals surface area contributed by atoms with Gasteiger partial charge in [0.15, 0.2) is 6.04 Å². The highest BCUT2D eigenvalue weighted by molar-refractivity contribution is 6.31. The Bertz CT molecular complexity index is 463. The third kappa shape index (κ3) is 4.89. The number of hydrogen-bond donors (Lipinski definition) is 3. The average molecular weight is 285 g/mol. The number of carbonyl (C=O) groups is 2. The fraction of sp³-hybridized carbons (Fsp3) is 0.385. The first kappa shape index (κ1) is 15.5. The number of halogens is 1. The van der Waals surface area contributed by atoms with Crippen molar-refractivity contribution in [1.29, 1.82) is 0 Å². The number of carboxylic acid groups (broad SMARTS) is 1. The van der Waals surface area contributed by atoms with Crippen LogP contribution in [0.5, 0.6) is 0 Å². The van der Waals surface area contributed by atoms with Gasteiger partial charge in [-0.2, -0.15) is 0 Å². The fourth-order valence-corrected chi connectivity index (χ4v) is 1.82. The molecule has 1 aromatic rings. The highest BCUT2D eigenvalue weighted by Crippen LogP contribution is 2.23. The molecule has 0 radical (unpaired) electrons. The van der Waals surface area contributed by atoms with E-state index in [2.05, 4.69) is 5.32 Å². The van der Waals surface area contributed by atoms with Crippen LogP contribution >= 0.6 is 11.6 Å². The van der Waals surface area contributed by atoms with Crippen LogP contribution in [0.15, 0.2) is 24.3 Å². The Morgan fingerprint density at radius 3 is 2.58 bits per heavy atom. The monoisotopic (exact) mass is 284 g/mol. The lowest BCUT2D eigenvalue weighted by molar-refractivity contribution is -0.142. The second-order valence-corrected chi connectivity index (χ2v) is 4.78. The van der Waals surface area contributed by atoms with E-state index in [0.717, 1.165) is 0 Å². The Hall–Kier alpha value is -1.59. The fourth-order valence-electron chi connectivity index (χ4n) is 1.57. The van der Waals surface area contributed by atoms with E-state index in [1.807, 2.05) is 0 Å². The molecule has 0 fully saturated rings. The van der Waals surface area contributed by atoms with Crippen LogP contribution in [0.2, 0.25) is 5.02 Å². The molecule has 0 saturated heterocycles. The van der Waals surface area contributed by atoms with Crippen molar-refractivity contribution in [2.45, 2.75) is 31.8 Å². The second-order valence-electron chi connectivity index (χ2n) is 4.38. The van der Waals surface area contributed by atoms with Gasteiger partial charge in [-0.25, -0.2) is 4.79 Å². The van der Waals surface area contributed by atoms with Crippen molar-refractivity contribution in [3.05, 3.63) is 34.9 Å². The Morgan fingerprint density at radius 2 is 2.05 bits per heavy atom. The number of nitrogens with one attached hydrogen (secondary N) is 1. The minimum Gasteiger partial charge on any atom is -0.479 e. The standard InChI is InChI=1S/C13H17ClN2O3/c1-8(15)6-7-11(17)16-12(13(18)19)9-4-2-3-5-10(9)14/h2-5,8,12H,6-7,15H2,1H3,(H,16,17)(H,18,19)/t8?,12-/m1/s1. The van der Waals surface area contributed by atoms with Crippen LogP contribution in [0.1, 0.15) is 31.4 Å². The van der Waals surface area contributed by atoms with Crippen LogP contribution < -0.4 is 11.1 Å². The molecule has 6 heteroatoms. The van der Waals surface area contributed by atoms with E-state index in [0.29, 0.717) is 17.0 Å². The topological polar surface area (TPSA) is 92.4 Å². The summed E-state index contributed by atoms with van der Waals surface area (Å²) in [6.45, 7) is 1.79. The largest absolute Gasteiger partial charge is 0.479 e. The lowest BCUT2D eigenvalue weighted by Gasteiger charge is -2.16. The van der Waals surface area contributed by atoms with E-state index in [-0.39, 0.29) is 18.4 Å². The van der Waals surface area contributed by atoms with Gasteiger partial charge >= 0.3 is 5.97 Å². The van der Waals surface area contributed by atoms with E-state index in [1.165, 1.54) is 0 Å². The summed E-state index contributed by atoms with van der Waals surface area (Å²) in [4.78, 5) is 22.9. The molecule has 0 heterocycles. The van der Waals surface area contributed by atoms with Gasteiger partial charge < -0.3 is 16.2 Å². The van der Waals surface area contributed by atoms with E-state index < -0.39 is 12.0 Å². The predicted octanol–water partition coefficient (Wildman–Crippen LogP) is 1.71. The molecule has 0 aliphatic rings. The zero-order valence-corrected chi connectivity index (χ0v) is 11.4. The molecule has 19 heavy (non-hydrogen) atoms. The lowest BCUT2D eigenvalue weighted by Crippen LogP contribution is -2.34. The summed E-state index contributed by atoms with van der Waals surface area (Å²) in [6, 6.07) is 5.28. The van der Waals surface area contributed by atoms with Gasteiger partial charge in [-0.15, -0.1) is 0 Å². The summed E-state index contributed by atoms with van der Waals surface area (Å²) >= 11 is 5.94. The van der Waals surface area contributed by atoms with Gasteiger partial charge in [-0.05, 0) is 19.4 Å². The summed E-state index contributed by atoms with van der Waals surface area (Å²) in [7, 11) is 0. The Kier molecular flexibility index (Phi) is 5.79. The Labute approximate surface area is 116 Å². The van der Waals surface area contributed by atoms with Crippen molar-refractivity contribution >= 4 is 23.5 Å². The van der Waals surface area contributed by atoms with Crippen molar-refractivity contribution in [3.63, 3.8) is 0 Å². The van der Waals surface area contributed by atoms with Gasteiger partial charge in [0.2, 0.25) is 5.91 Å². The highest BCUT2D eigenvalue weighted by atomic mass is 35.5. The molecule has 0 bridgehead atoms. The van der Waals surface area contributed by atoms with Crippen molar-refractivity contribution < 1.29 is 14.7 Å². The zero-order valence-electron chi connectivity index (χ0n) is 10.6. The van der Waals surface area contributed by atoms with Crippen LogP contribution in [0.4, 0.5) is 0 Å². The number of amides is 1. The van der Waals surface area contributed by atoms with Gasteiger partial charge in [0, 0.05) is 23.0 Å². The number of hydrogen-bond acceptors (Lipinski definition) is 3. The molecular formula is C13H17ClN2O3. The number of rotatable bonds is 6. The first-order chi connectivity index (χ1) is 8.91. The SMILES string of the molecule is CC(N)CCC(=O)N[C@@H](C(=O)O)c1ccccc1Cl. The molecule has 4 N–H and O–H groups in total. The maximum absolute atomic E-state index is 11.7. The Balaban J connectivity index is 2.77. The molecule has 1 amide bonds. The zero-order chi connectivity index (χ0) is 14.4. The molecule has 1 aromatic carbocycles. The molecule has 0 aliphatic carbocycles. The molecule has 0 aliphatic heterocycles. The van der Waals surface area contributed by atoms with Crippen molar-refractivity contribution in [3.8, 4) is 0 Å². The number of aliphatic carboxylic acids is 1. The third-order valence-electron chi connectivity index (χ3n) is 2.60. The van der Waals surface area contributed by atoms with E-state index in [9.17, 15) is 14.7 Å². The summed E-state index contributed by atoms with van der Waals surface area (Å²) < 4.78 is 0. The van der Waals surface area contributed by atoms with E-state index >= 15 is 0 Å². The van der Waals surface area contributed by atoms with Crippen molar-refractivity contribution in [1.82, 2.24) is 5.32 Å². The van der Waals surface area contributed by atoms with E-state index in [4.69, 9.17) is 17.3 Å². The minimum absolute atomic E-state index is 0.102. The van der Waals surface area contributed by atoms with Gasteiger partial charge in [-0.1, -0.05) is 29.8 Å². The van der Waals surface area contributed by atoms with Crippen LogP contribution in [-0.4, -0.2) is 23.0 Å². The molecule has 5 nitrogen and oxygen atoms in total. The molecule has 104 valence electrons. The molecule has 0 spiro atoms. The number of nitrogens with two attached hydrogens (primary N) is 1. The number of carbonyl (C=O) groups excluding carboxylic acids is 1. The maximum atomic E-state index is 11.7. The van der Waals surface area contributed by atoms with Gasteiger partial charge in [0.1, 0.15) is 0 Å². The van der Waals surface area contributed by atoms with E-state index in [1.54, 1.807) is 31.2 Å². The van der Waals surface area contributed by atoms with Gasteiger partial charge in [0.25, 0.3) is 0 Å². The quantitative estimate of drug-likeness (QED) is 0.741. The Morgan fingerprint density at radius 1 is 1.42 bits per heavy atom. The summed E-state index contributed by atoms with van der Waals surface area (Å²) in [5.74, 6) is -1.51. The predicted molar refractivity (Wildman–Crippen MR) is 72.9 cm³/mol. The van der Waals surface area contributed by atoms with Crippen molar-refractivity contribution in [2.24, 2.45) is 5.73 Å². The first-order valence-corrected chi connectivity index (χ1v) is 6.31. The normalized spacial score (nSPS) is 13.6. The van der Waals surface area contributed by atoms with Crippen LogP contribution in [-0.2, 0) is 9.59 Å². The molecule has 1 rings (SSSR count). The van der Waals surface area contributed by atoms with Crippen molar-refractivity contribution in [2.75, 3.05) is 0 Å². The minimum atomic E-state index is -1.15. The second kappa shape index (κ2) is 7.11. The highest BCUT2D eigenvalue weighted by Gasteiger charge is 2.23. The lowest BCUT2D eigenvalue weighted by atomic mass is 10.1. The number of carboxylic acids is 1. The smallest absolute Gasteiger partial charge is 0.330 e. The molecule has 0 aromatic heterocycles. The summed E-state index contributed by atoms with van der Waals surface area (Å²) in [5, 5.41) is 11.9. The molecular weight excluding hydrogens is 268 g/mol. The summed E-state index contributed by atoms with van der Waals surface area (Å²) in [6.07, 6.45) is 0.687. The maximum Gasteiger partial charge on any atom is 0.330 e. The third-order valence-corrected chi connectivity index (χ3v) is 2.94. The van der Waals surface area contributed by atoms with Gasteiger partial charge in [0.05, 0.1) is 0 Å². The van der Waals surface area contributed by atoms with Crippen LogP contribution in [0.25, 0.3) is 0 Å². The van der Waals surface area contributed by atoms with Gasteiger partial charge in [-0.3, -0.25) is 4.79 Å². The first-order valence-electron chi connectivity index (χ1n) is 5.94. The molecule has 1 unspecified atom stereocenters. The number of benzene rings is 1. The molecule has 0 saturated carbocycles.